The van der Waals surface area contributed by atoms with Gasteiger partial charge in [0, 0.05) is 30.0 Å². The number of rotatable bonds is 7. The van der Waals surface area contributed by atoms with Crippen molar-refractivity contribution in [2.24, 2.45) is 0 Å². The second kappa shape index (κ2) is 8.45. The van der Waals surface area contributed by atoms with Crippen LogP contribution in [0.5, 0.6) is 0 Å². The number of carbonyl (C=O) groups is 1. The van der Waals surface area contributed by atoms with Gasteiger partial charge in [-0.2, -0.15) is 0 Å². The number of aromatic nitrogens is 2. The van der Waals surface area contributed by atoms with E-state index in [0.717, 1.165) is 39.6 Å². The molecule has 0 radical (unpaired) electrons. The smallest absolute Gasteiger partial charge is 0.259 e. The number of nitrogens with one attached hydrogen (secondary N) is 3. The second-order valence-corrected chi connectivity index (χ2v) is 7.71. The molecule has 0 aliphatic rings. The van der Waals surface area contributed by atoms with E-state index in [1.54, 1.807) is 0 Å². The number of hydrogen-bond donors (Lipinski definition) is 3. The van der Waals surface area contributed by atoms with Gasteiger partial charge in [0.05, 0.1) is 5.39 Å². The van der Waals surface area contributed by atoms with Gasteiger partial charge in [0.15, 0.2) is 0 Å². The van der Waals surface area contributed by atoms with Gasteiger partial charge in [-0.1, -0.05) is 19.1 Å². The van der Waals surface area contributed by atoms with Crippen molar-refractivity contribution < 1.29 is 4.79 Å². The predicted molar refractivity (Wildman–Crippen MR) is 110 cm³/mol. The van der Waals surface area contributed by atoms with Crippen molar-refractivity contribution in [3.63, 3.8) is 0 Å². The Kier molecular flexibility index (Phi) is 6.03. The fraction of sp³-hybridized carbons (Fsp3) is 0.350. The zero-order valence-electron chi connectivity index (χ0n) is 15.8. The summed E-state index contributed by atoms with van der Waals surface area (Å²) < 4.78 is 0. The van der Waals surface area contributed by atoms with Crippen LogP contribution in [0.25, 0.3) is 10.2 Å². The number of benzene rings is 1. The Bertz CT molecular complexity index is 1020. The first-order valence-corrected chi connectivity index (χ1v) is 9.88. The molecule has 7 heteroatoms. The number of anilines is 1. The van der Waals surface area contributed by atoms with Crippen LogP contribution < -0.4 is 16.2 Å². The summed E-state index contributed by atoms with van der Waals surface area (Å²) in [5.74, 6) is 0.446. The Balaban J connectivity index is 1.64. The van der Waals surface area contributed by atoms with E-state index in [9.17, 15) is 9.59 Å². The summed E-state index contributed by atoms with van der Waals surface area (Å²) in [5.41, 5.74) is 2.74. The third-order valence-corrected chi connectivity index (χ3v) is 5.57. The molecule has 0 atom stereocenters. The highest BCUT2D eigenvalue weighted by atomic mass is 32.1. The summed E-state index contributed by atoms with van der Waals surface area (Å²) in [7, 11) is 0. The first kappa shape index (κ1) is 19.3. The molecule has 0 aliphatic heterocycles. The molecule has 2 aromatic heterocycles. The first-order valence-electron chi connectivity index (χ1n) is 9.06. The van der Waals surface area contributed by atoms with Gasteiger partial charge in [-0.25, -0.2) is 4.98 Å². The molecule has 3 rings (SSSR count). The Morgan fingerprint density at radius 3 is 2.89 bits per heavy atom. The van der Waals surface area contributed by atoms with Gasteiger partial charge in [-0.3, -0.25) is 9.59 Å². The van der Waals surface area contributed by atoms with E-state index in [4.69, 9.17) is 0 Å². The zero-order chi connectivity index (χ0) is 19.4. The van der Waals surface area contributed by atoms with E-state index in [0.29, 0.717) is 17.6 Å². The third kappa shape index (κ3) is 4.61. The topological polar surface area (TPSA) is 86.9 Å². The highest BCUT2D eigenvalue weighted by Crippen LogP contribution is 2.25. The maximum atomic E-state index is 12.3. The molecular weight excluding hydrogens is 360 g/mol. The van der Waals surface area contributed by atoms with Crippen molar-refractivity contribution in [2.45, 2.75) is 40.2 Å². The fourth-order valence-electron chi connectivity index (χ4n) is 2.90. The van der Waals surface area contributed by atoms with Crippen LogP contribution in [0.1, 0.15) is 35.2 Å². The first-order chi connectivity index (χ1) is 13.0. The lowest BCUT2D eigenvalue weighted by Gasteiger charge is -2.08. The largest absolute Gasteiger partial charge is 0.326 e. The molecule has 1 aromatic carbocycles. The van der Waals surface area contributed by atoms with E-state index >= 15 is 0 Å². The Morgan fingerprint density at radius 2 is 2.11 bits per heavy atom. The van der Waals surface area contributed by atoms with Crippen molar-refractivity contribution in [3.8, 4) is 0 Å². The standard InChI is InChI=1S/C20H24N4O2S/c1-4-21-11-14-6-5-7-15(10-14)22-17(25)9-8-16-23-19(26)18-12(2)13(3)27-20(18)24-16/h5-7,10,21H,4,8-9,11H2,1-3H3,(H,22,25)(H,23,24,26). The van der Waals surface area contributed by atoms with Gasteiger partial charge in [-0.05, 0) is 43.7 Å². The maximum absolute atomic E-state index is 12.3. The van der Waals surface area contributed by atoms with Crippen LogP contribution in [0.2, 0.25) is 0 Å². The van der Waals surface area contributed by atoms with Crippen molar-refractivity contribution in [2.75, 3.05) is 11.9 Å². The average Bonchev–Trinajstić information content (AvgIpc) is 2.93. The minimum Gasteiger partial charge on any atom is -0.326 e. The summed E-state index contributed by atoms with van der Waals surface area (Å²) in [6, 6.07) is 7.78. The predicted octanol–water partition coefficient (Wildman–Crippen LogP) is 3.28. The number of amides is 1. The van der Waals surface area contributed by atoms with Crippen LogP contribution in [0, 0.1) is 13.8 Å². The number of fused-ring (bicyclic) bond motifs is 1. The molecule has 27 heavy (non-hydrogen) atoms. The number of H-pyrrole nitrogens is 1. The van der Waals surface area contributed by atoms with Crippen molar-refractivity contribution >= 4 is 33.1 Å². The number of nitrogens with zero attached hydrogens (tertiary/aromatic N) is 1. The molecule has 3 aromatic rings. The monoisotopic (exact) mass is 384 g/mol. The van der Waals surface area contributed by atoms with Gasteiger partial charge in [0.1, 0.15) is 10.7 Å². The molecule has 3 N–H and O–H groups in total. The van der Waals surface area contributed by atoms with Gasteiger partial charge < -0.3 is 15.6 Å². The second-order valence-electron chi connectivity index (χ2n) is 6.50. The quantitative estimate of drug-likeness (QED) is 0.583. The van der Waals surface area contributed by atoms with Gasteiger partial charge in [0.2, 0.25) is 5.91 Å². The van der Waals surface area contributed by atoms with E-state index in [1.807, 2.05) is 38.1 Å². The number of thiophene rings is 1. The third-order valence-electron chi connectivity index (χ3n) is 4.47. The van der Waals surface area contributed by atoms with Crippen LogP contribution in [-0.2, 0) is 17.8 Å². The van der Waals surface area contributed by atoms with E-state index in [1.165, 1.54) is 11.3 Å². The molecule has 0 bridgehead atoms. The van der Waals surface area contributed by atoms with Crippen LogP contribution in [0.15, 0.2) is 29.1 Å². The molecule has 142 valence electrons. The molecule has 0 saturated carbocycles. The van der Waals surface area contributed by atoms with Crippen LogP contribution in [-0.4, -0.2) is 22.4 Å². The molecular formula is C20H24N4O2S. The number of aromatic amines is 1. The zero-order valence-corrected chi connectivity index (χ0v) is 16.6. The molecule has 0 unspecified atom stereocenters. The molecule has 0 aliphatic carbocycles. The minimum atomic E-state index is -0.131. The van der Waals surface area contributed by atoms with Gasteiger partial charge >= 0.3 is 0 Å². The van der Waals surface area contributed by atoms with Crippen LogP contribution >= 0.6 is 11.3 Å². The fourth-order valence-corrected chi connectivity index (χ4v) is 3.95. The summed E-state index contributed by atoms with van der Waals surface area (Å²) in [6.07, 6.45) is 0.652. The van der Waals surface area contributed by atoms with Crippen molar-refractivity contribution in [1.29, 1.82) is 0 Å². The summed E-state index contributed by atoms with van der Waals surface area (Å²) in [6.45, 7) is 7.64. The molecule has 0 spiro atoms. The molecule has 0 fully saturated rings. The molecule has 2 heterocycles. The maximum Gasteiger partial charge on any atom is 0.259 e. The summed E-state index contributed by atoms with van der Waals surface area (Å²) in [4.78, 5) is 33.7. The Labute approximate surface area is 162 Å². The van der Waals surface area contributed by atoms with E-state index < -0.39 is 0 Å². The SMILES string of the molecule is CCNCc1cccc(NC(=O)CCc2nc3sc(C)c(C)c3c(=O)[nH]2)c1. The van der Waals surface area contributed by atoms with Gasteiger partial charge in [0.25, 0.3) is 5.56 Å². The lowest BCUT2D eigenvalue weighted by Crippen LogP contribution is -2.16. The number of carbonyl (C=O) groups excluding carboxylic acids is 1. The number of hydrogen-bond acceptors (Lipinski definition) is 5. The van der Waals surface area contributed by atoms with Crippen molar-refractivity contribution in [3.05, 3.63) is 56.4 Å². The van der Waals surface area contributed by atoms with Crippen LogP contribution in [0.3, 0.4) is 0 Å². The minimum absolute atomic E-state index is 0.100. The summed E-state index contributed by atoms with van der Waals surface area (Å²) >= 11 is 1.51. The van der Waals surface area contributed by atoms with E-state index in [2.05, 4.69) is 27.5 Å². The van der Waals surface area contributed by atoms with Gasteiger partial charge in [-0.15, -0.1) is 11.3 Å². The highest BCUT2D eigenvalue weighted by molar-refractivity contribution is 7.18. The molecule has 6 nitrogen and oxygen atoms in total. The lowest BCUT2D eigenvalue weighted by atomic mass is 10.2. The lowest BCUT2D eigenvalue weighted by molar-refractivity contribution is -0.116. The normalized spacial score (nSPS) is 11.1. The van der Waals surface area contributed by atoms with E-state index in [-0.39, 0.29) is 17.9 Å². The number of aryl methyl sites for hydroxylation is 3. The Hall–Kier alpha value is -2.51. The average molecular weight is 385 g/mol. The highest BCUT2D eigenvalue weighted by Gasteiger charge is 2.12. The Morgan fingerprint density at radius 1 is 1.30 bits per heavy atom. The molecule has 1 amide bonds. The summed E-state index contributed by atoms with van der Waals surface area (Å²) in [5, 5.41) is 6.83. The van der Waals surface area contributed by atoms with Crippen molar-refractivity contribution in [1.82, 2.24) is 15.3 Å². The van der Waals surface area contributed by atoms with Crippen LogP contribution in [0.4, 0.5) is 5.69 Å². The molecule has 0 saturated heterocycles.